The molecule has 14 rings (SSSR count). The van der Waals surface area contributed by atoms with E-state index in [4.69, 9.17) is 0 Å². The maximum atomic E-state index is 2.49. The van der Waals surface area contributed by atoms with Gasteiger partial charge in [-0.2, -0.15) is 0 Å². The molecule has 0 atom stereocenters. The van der Waals surface area contributed by atoms with Crippen molar-refractivity contribution >= 4 is 66.4 Å². The van der Waals surface area contributed by atoms with Crippen LogP contribution in [0.5, 0.6) is 0 Å². The minimum Gasteiger partial charge on any atom is -0.310 e. The van der Waals surface area contributed by atoms with Crippen LogP contribution in [0.15, 0.2) is 291 Å². The Bertz CT molecular complexity index is 4770. The van der Waals surface area contributed by atoms with E-state index in [-0.39, 0.29) is 0 Å². The summed E-state index contributed by atoms with van der Waals surface area (Å²) in [6.07, 6.45) is 21.2. The highest BCUT2D eigenvalue weighted by molar-refractivity contribution is 6.24. The fraction of sp³-hybridized carbons (Fsp3) is 0.220. The fourth-order valence-electron chi connectivity index (χ4n) is 15.5. The van der Waals surface area contributed by atoms with Gasteiger partial charge in [0.2, 0.25) is 0 Å². The highest BCUT2D eigenvalue weighted by atomic mass is 15.2. The third kappa shape index (κ3) is 15.7. The lowest BCUT2D eigenvalue weighted by molar-refractivity contribution is 0.589. The average molecular weight is 1330 g/mol. The van der Waals surface area contributed by atoms with Gasteiger partial charge in [-0.15, -0.1) is 0 Å². The van der Waals surface area contributed by atoms with E-state index in [1.165, 1.54) is 235 Å². The molecule has 0 aromatic heterocycles. The molecule has 102 heavy (non-hydrogen) atoms. The molecule has 14 aromatic rings. The molecule has 0 spiro atoms. The molecular weight excluding hydrogens is 1230 g/mol. The number of benzene rings is 14. The molecule has 0 radical (unpaired) electrons. The van der Waals surface area contributed by atoms with Crippen LogP contribution in [0.4, 0.5) is 34.1 Å². The van der Waals surface area contributed by atoms with Crippen LogP contribution < -0.4 is 9.80 Å². The number of fused-ring (bicyclic) bond motifs is 5. The summed E-state index contributed by atoms with van der Waals surface area (Å²) in [5.41, 5.74) is 29.3. The third-order valence-electron chi connectivity index (χ3n) is 21.3. The van der Waals surface area contributed by atoms with Gasteiger partial charge in [-0.25, -0.2) is 0 Å². The lowest BCUT2D eigenvalue weighted by Crippen LogP contribution is -2.13. The summed E-state index contributed by atoms with van der Waals surface area (Å²) in [5.74, 6) is 0. The Labute approximate surface area is 608 Å². The first-order valence-corrected chi connectivity index (χ1v) is 38.1. The minimum absolute atomic E-state index is 1.10. The molecule has 0 N–H and O–H groups in total. The Kier molecular flexibility index (Phi) is 21.8. The molecule has 2 heteroatoms. The van der Waals surface area contributed by atoms with Crippen LogP contribution in [-0.4, -0.2) is 0 Å². The largest absolute Gasteiger partial charge is 0.310 e. The van der Waals surface area contributed by atoms with E-state index in [2.05, 4.69) is 343 Å². The molecule has 0 heterocycles. The van der Waals surface area contributed by atoms with E-state index in [9.17, 15) is 0 Å². The predicted molar refractivity (Wildman–Crippen MR) is 443 cm³/mol. The third-order valence-corrected chi connectivity index (χ3v) is 21.3. The molecule has 0 saturated carbocycles. The summed E-state index contributed by atoms with van der Waals surface area (Å²) in [7, 11) is 0. The van der Waals surface area contributed by atoms with Gasteiger partial charge < -0.3 is 9.80 Å². The Hall–Kier alpha value is -10.5. The average Bonchev–Trinajstić information content (AvgIpc) is 0.723. The zero-order valence-corrected chi connectivity index (χ0v) is 60.9. The predicted octanol–water partition coefficient (Wildman–Crippen LogP) is 29.9. The molecular formula is C100H98N2. The van der Waals surface area contributed by atoms with Gasteiger partial charge in [0, 0.05) is 33.5 Å². The summed E-state index contributed by atoms with van der Waals surface area (Å²) in [6.45, 7) is 13.5. The number of aryl methyl sites for hydroxylation is 6. The number of rotatable bonds is 28. The molecule has 0 unspecified atom stereocenters. The van der Waals surface area contributed by atoms with Gasteiger partial charge in [-0.3, -0.25) is 0 Å². The van der Waals surface area contributed by atoms with Crippen LogP contribution in [0.3, 0.4) is 0 Å². The van der Waals surface area contributed by atoms with Crippen LogP contribution >= 0.6 is 0 Å². The zero-order chi connectivity index (χ0) is 69.7. The summed E-state index contributed by atoms with van der Waals surface area (Å²) < 4.78 is 0. The maximum Gasteiger partial charge on any atom is 0.0546 e. The lowest BCUT2D eigenvalue weighted by atomic mass is 9.93. The highest BCUT2D eigenvalue weighted by Crippen LogP contribution is 2.49. The van der Waals surface area contributed by atoms with Crippen molar-refractivity contribution in [3.63, 3.8) is 0 Å². The molecule has 0 aliphatic carbocycles. The first-order valence-electron chi connectivity index (χ1n) is 38.1. The van der Waals surface area contributed by atoms with Crippen molar-refractivity contribution in [2.45, 2.75) is 144 Å². The molecule has 14 aromatic carbocycles. The van der Waals surface area contributed by atoms with E-state index in [1.807, 2.05) is 0 Å². The Morgan fingerprint density at radius 2 is 0.451 bits per heavy atom. The van der Waals surface area contributed by atoms with Crippen molar-refractivity contribution in [3.8, 4) is 66.8 Å². The van der Waals surface area contributed by atoms with Crippen LogP contribution in [0, 0.1) is 27.7 Å². The van der Waals surface area contributed by atoms with Crippen LogP contribution in [0.1, 0.15) is 137 Å². The standard InChI is InChI=1S/C100H98N2/c1-7-9-11-13-15-17-19-25-75-33-37-77(38-34-75)79-41-45-81(46-42-79)83-49-53-85(54-50-83)87-57-61-89(62-58-87)101(97-65-31-71(3)67-73(97)5)99-69-95-92-28-22-24-30-94(92)100(70-96(95)91-27-21-23-29-93(91)99)102(98-66-32-72(4)68-74(98)6)90-63-59-88(60-64-90)86-55-51-84(52-56-86)82-47-43-80(44-48-82)78-39-35-76(36-40-78)26-20-18-16-14-12-10-8-2/h21-24,27-70H,7-20,25-26H2,1-6H3. The van der Waals surface area contributed by atoms with Crippen molar-refractivity contribution in [1.82, 2.24) is 0 Å². The second-order valence-corrected chi connectivity index (χ2v) is 28.8. The van der Waals surface area contributed by atoms with Gasteiger partial charge in [0.05, 0.1) is 11.4 Å². The first-order chi connectivity index (χ1) is 50.1. The number of anilines is 6. The molecule has 0 aliphatic heterocycles. The smallest absolute Gasteiger partial charge is 0.0546 e. The lowest BCUT2D eigenvalue weighted by Gasteiger charge is -2.31. The van der Waals surface area contributed by atoms with Crippen molar-refractivity contribution in [2.75, 3.05) is 9.80 Å². The monoisotopic (exact) mass is 1330 g/mol. The van der Waals surface area contributed by atoms with E-state index in [0.29, 0.717) is 0 Å². The Morgan fingerprint density at radius 3 is 0.725 bits per heavy atom. The van der Waals surface area contributed by atoms with Gasteiger partial charge in [0.1, 0.15) is 0 Å². The fourth-order valence-corrected chi connectivity index (χ4v) is 15.5. The minimum atomic E-state index is 1.10. The van der Waals surface area contributed by atoms with Gasteiger partial charge in [-0.1, -0.05) is 345 Å². The summed E-state index contributed by atoms with van der Waals surface area (Å²) >= 11 is 0. The van der Waals surface area contributed by atoms with E-state index in [0.717, 1.165) is 34.1 Å². The van der Waals surface area contributed by atoms with Gasteiger partial charge in [0.15, 0.2) is 0 Å². The summed E-state index contributed by atoms with van der Waals surface area (Å²) in [6, 6.07) is 110. The number of hydrogen-bond acceptors (Lipinski definition) is 2. The molecule has 0 aliphatic rings. The second kappa shape index (κ2) is 32.4. The first kappa shape index (κ1) is 68.6. The molecule has 0 saturated heterocycles. The van der Waals surface area contributed by atoms with Gasteiger partial charge in [0.25, 0.3) is 0 Å². The number of unbranched alkanes of at least 4 members (excludes halogenated alkanes) is 12. The van der Waals surface area contributed by atoms with Crippen molar-refractivity contribution in [2.24, 2.45) is 0 Å². The summed E-state index contributed by atoms with van der Waals surface area (Å²) in [5, 5.41) is 7.20. The quantitative estimate of drug-likeness (QED) is 0.0356. The zero-order valence-electron chi connectivity index (χ0n) is 60.9. The van der Waals surface area contributed by atoms with E-state index in [1.54, 1.807) is 0 Å². The van der Waals surface area contributed by atoms with Crippen molar-refractivity contribution < 1.29 is 0 Å². The van der Waals surface area contributed by atoms with Crippen molar-refractivity contribution in [3.05, 3.63) is 325 Å². The Balaban J connectivity index is 0.731. The van der Waals surface area contributed by atoms with Gasteiger partial charge >= 0.3 is 0 Å². The van der Waals surface area contributed by atoms with Crippen LogP contribution in [0.25, 0.3) is 99.1 Å². The molecule has 0 fully saturated rings. The highest BCUT2D eigenvalue weighted by Gasteiger charge is 2.24. The Morgan fingerprint density at radius 1 is 0.206 bits per heavy atom. The second-order valence-electron chi connectivity index (χ2n) is 28.8. The van der Waals surface area contributed by atoms with E-state index >= 15 is 0 Å². The van der Waals surface area contributed by atoms with Crippen LogP contribution in [-0.2, 0) is 12.8 Å². The molecule has 2 nitrogen and oxygen atoms in total. The van der Waals surface area contributed by atoms with Gasteiger partial charge in [-0.05, 0) is 212 Å². The van der Waals surface area contributed by atoms with Crippen LogP contribution in [0.2, 0.25) is 0 Å². The molecule has 508 valence electrons. The topological polar surface area (TPSA) is 6.48 Å². The van der Waals surface area contributed by atoms with Crippen molar-refractivity contribution in [1.29, 1.82) is 0 Å². The number of nitrogens with zero attached hydrogens (tertiary/aromatic N) is 2. The number of hydrogen-bond donors (Lipinski definition) is 0. The van der Waals surface area contributed by atoms with E-state index < -0.39 is 0 Å². The SMILES string of the molecule is CCCCCCCCCc1ccc(-c2ccc(-c3ccc(-c4ccc(N(c5ccc(C)cc5C)c5cc6c7ccccc7c(N(c7ccc(-c8ccc(-c9ccc(-c%10ccc(CCCCCCCCC)cc%10)cc9)cc8)cc7)c7ccc(C)cc7C)cc6c6ccccc56)cc4)cc3)cc2)cc1. The summed E-state index contributed by atoms with van der Waals surface area (Å²) in [4.78, 5) is 4.99. The normalized spacial score (nSPS) is 11.5. The maximum absolute atomic E-state index is 2.49. The molecule has 0 amide bonds. The molecule has 0 bridgehead atoms.